The minimum atomic E-state index is -2.36. The highest BCUT2D eigenvalue weighted by Crippen LogP contribution is 2.52. The highest BCUT2D eigenvalue weighted by molar-refractivity contribution is 6.32. The second kappa shape index (κ2) is 49.2. The smallest absolute Gasteiger partial charge is 0.413 e. The maximum Gasteiger partial charge on any atom is 0.413 e. The number of nitrogens with one attached hydrogen (secondary N) is 6. The van der Waals surface area contributed by atoms with E-state index >= 15 is 28.8 Å². The second-order valence-corrected chi connectivity index (χ2v) is 40.3. The third-order valence-corrected chi connectivity index (χ3v) is 28.1. The van der Waals surface area contributed by atoms with Gasteiger partial charge in [0.05, 0.1) is 58.9 Å². The third kappa shape index (κ3) is 26.9. The average Bonchev–Trinajstić information content (AvgIpc) is 0.758. The summed E-state index contributed by atoms with van der Waals surface area (Å²) in [5.41, 5.74) is 21.5. The molecule has 7 aromatic carbocycles. The number of unbranched alkanes of at least 4 members (excludes halogenated alkanes) is 3. The molecule has 45 heteroatoms. The fourth-order valence-corrected chi connectivity index (χ4v) is 19.6. The van der Waals surface area contributed by atoms with Crippen LogP contribution in [-0.4, -0.2) is 257 Å². The van der Waals surface area contributed by atoms with Crippen molar-refractivity contribution in [2.24, 2.45) is 34.8 Å². The van der Waals surface area contributed by atoms with Crippen LogP contribution < -0.4 is 69.0 Å². The summed E-state index contributed by atoms with van der Waals surface area (Å²) >= 11 is 21.1. The number of carboxylic acids is 1. The van der Waals surface area contributed by atoms with E-state index in [0.717, 1.165) is 96.1 Å². The molecular weight excluding hydrogens is 1990 g/mol. The number of nitrogens with zero attached hydrogens (tertiary/aromatic N) is 1. The number of aromatic hydroxyl groups is 3. The van der Waals surface area contributed by atoms with Crippen LogP contribution in [0.25, 0.3) is 22.3 Å². The molecule has 800 valence electrons. The van der Waals surface area contributed by atoms with Gasteiger partial charge in [-0.05, 0) is 178 Å². The topological polar surface area (TPSA) is 662 Å². The molecule has 3 saturated heterocycles. The van der Waals surface area contributed by atoms with Crippen molar-refractivity contribution in [2.75, 3.05) is 27.0 Å². The van der Waals surface area contributed by atoms with Gasteiger partial charge in [0.15, 0.2) is 47.8 Å². The highest BCUT2D eigenvalue weighted by atomic mass is 35.5. The lowest BCUT2D eigenvalue weighted by molar-refractivity contribution is -0.334. The fraction of sp³-hybridized carbons (Fsp3) is 0.485. The van der Waals surface area contributed by atoms with Gasteiger partial charge in [-0.2, -0.15) is 0 Å². The Morgan fingerprint density at radius 2 is 1.28 bits per heavy atom. The van der Waals surface area contributed by atoms with E-state index in [1.165, 1.54) is 38.1 Å². The van der Waals surface area contributed by atoms with Crippen LogP contribution in [0.15, 0.2) is 127 Å². The fourth-order valence-electron chi connectivity index (χ4n) is 19.0. The lowest BCUT2D eigenvalue weighted by atomic mass is 9.84. The van der Waals surface area contributed by atoms with Gasteiger partial charge in [-0.25, -0.2) is 14.4 Å². The van der Waals surface area contributed by atoms with Gasteiger partial charge in [0.2, 0.25) is 54.3 Å². The van der Waals surface area contributed by atoms with Crippen molar-refractivity contribution >= 4 is 99.8 Å². The first-order chi connectivity index (χ1) is 70.2. The van der Waals surface area contributed by atoms with Crippen LogP contribution in [0.1, 0.15) is 196 Å². The number of aliphatic hydroxyl groups is 6. The number of benzene rings is 7. The van der Waals surface area contributed by atoms with Crippen molar-refractivity contribution in [2.45, 2.75) is 278 Å². The molecule has 42 nitrogen and oxygen atoms in total. The number of amides is 7. The van der Waals surface area contributed by atoms with E-state index in [-0.39, 0.29) is 55.5 Å². The maximum absolute atomic E-state index is 16.9. The standard InChI is InChI=1S/C103H126Cl3N11O31/c1-9-10-11-14-65(108)95(132)112-66(15-12-13-30-107)99(137)139-46-140-101(138)117(8)67(31-47(2)3)96(133)115-83-70(122)35-57(38-77(109)124)93(130)113-81-56-36-74(143-72-28-23-54(85(83)125)33-63(72)105)89(148-100-90(87(127)86(126)76(45-118)145-100)147-79-43-103(7,92(129)49(5)142-79)111-44-50-16-18-51(19-17-50)52-20-25-58(104)26-21-52)75(37-56)144-73-29-24-55(34-64(73)106)88(146-78-42-102(6,110)91(128)48(4)141-78)84-97(134)114-82(98(135)136)62-39-59(119)40-69(121)80(62)61-32-53(22-27-68(61)120)60(41-71(81)123)94(131)116-84/h16-29,32-34,36-37,39-40,47-49,57,60,65-67,76,78-79,81-88,90-92,100,111,118-121,125-129H,9-15,30-31,35,38,41-46,107-108,110H2,1-8H3,(H2,109,124)(H,112,132)(H,113,130)(H,114,134)(H,115,133)(H,116,131)(H,135,136). The Labute approximate surface area is 866 Å². The zero-order valence-electron chi connectivity index (χ0n) is 82.4. The number of carboxylic acid groups (broad SMARTS) is 1. The normalized spacial score (nSPS) is 27.4. The molecule has 24 unspecified atom stereocenters. The van der Waals surface area contributed by atoms with E-state index in [1.807, 2.05) is 43.3 Å². The van der Waals surface area contributed by atoms with Gasteiger partial charge in [-0.3, -0.25) is 43.3 Å². The largest absolute Gasteiger partial charge is 0.508 e. The number of carbonyl (C=O) groups is 11. The Balaban J connectivity index is 0.962. The van der Waals surface area contributed by atoms with Crippen LogP contribution in [0.2, 0.25) is 15.1 Å². The highest BCUT2D eigenvalue weighted by Gasteiger charge is 2.54. The second-order valence-electron chi connectivity index (χ2n) is 39.0. The van der Waals surface area contributed by atoms with E-state index in [9.17, 15) is 75.0 Å². The quantitative estimate of drug-likeness (QED) is 0.0111. The molecule has 148 heavy (non-hydrogen) atoms. The number of halogens is 3. The van der Waals surface area contributed by atoms with E-state index in [2.05, 4.69) is 31.9 Å². The van der Waals surface area contributed by atoms with Gasteiger partial charge >= 0.3 is 18.0 Å². The van der Waals surface area contributed by atoms with Crippen LogP contribution in [0.4, 0.5) is 4.79 Å². The van der Waals surface area contributed by atoms with Gasteiger partial charge in [0.25, 0.3) is 0 Å². The van der Waals surface area contributed by atoms with Crippen molar-refractivity contribution in [3.8, 4) is 68.2 Å². The number of aliphatic hydroxyl groups excluding tert-OH is 6. The number of hydrogen-bond acceptors (Lipinski definition) is 34. The van der Waals surface area contributed by atoms with Crippen molar-refractivity contribution < 1.29 is 151 Å². The van der Waals surface area contributed by atoms with Gasteiger partial charge in [0.1, 0.15) is 89.5 Å². The number of Topliss-reactive ketones (excluding diaryl/α,β-unsaturated/α-hetero) is 2. The predicted molar refractivity (Wildman–Crippen MR) is 531 cm³/mol. The Morgan fingerprint density at radius 3 is 1.91 bits per heavy atom. The Kier molecular flexibility index (Phi) is 37.6. The molecule has 8 aliphatic rings. The number of nitrogens with two attached hydrogens (primary N) is 4. The number of hydrogen-bond donors (Lipinski definition) is 20. The molecular formula is C103H126Cl3N11O31. The van der Waals surface area contributed by atoms with Crippen molar-refractivity contribution in [1.82, 2.24) is 36.8 Å². The monoisotopic (exact) mass is 2120 g/mol. The number of rotatable bonds is 32. The van der Waals surface area contributed by atoms with Gasteiger partial charge in [-0.15, -0.1) is 0 Å². The van der Waals surface area contributed by atoms with Crippen LogP contribution in [0, 0.1) is 11.8 Å². The molecule has 24 atom stereocenters. The average molecular weight is 2120 g/mol. The zero-order chi connectivity index (χ0) is 108. The number of likely N-dealkylation sites (N-methyl/N-ethyl adjacent to an activating group) is 1. The number of ether oxygens (including phenoxy) is 10. The van der Waals surface area contributed by atoms with E-state index in [1.54, 1.807) is 39.8 Å². The van der Waals surface area contributed by atoms with E-state index in [0.29, 0.717) is 30.7 Å². The summed E-state index contributed by atoms with van der Waals surface area (Å²) < 4.78 is 64.1. The number of carbonyl (C=O) groups excluding carboxylic acids is 10. The first-order valence-electron chi connectivity index (χ1n) is 48.6. The zero-order valence-corrected chi connectivity index (χ0v) is 84.6. The van der Waals surface area contributed by atoms with Crippen LogP contribution in [0.3, 0.4) is 0 Å². The predicted octanol–water partition coefficient (Wildman–Crippen LogP) is 7.34. The summed E-state index contributed by atoms with van der Waals surface area (Å²) in [5.74, 6) is -22.5. The lowest BCUT2D eigenvalue weighted by Crippen LogP contribution is -2.65. The summed E-state index contributed by atoms with van der Waals surface area (Å²) in [5, 5.41) is 134. The van der Waals surface area contributed by atoms with Crippen molar-refractivity contribution in [1.29, 1.82) is 0 Å². The lowest BCUT2D eigenvalue weighted by Gasteiger charge is -2.48. The number of fused-ring (bicyclic) bond motifs is 15. The number of ketones is 2. The molecule has 0 aliphatic carbocycles. The molecule has 0 spiro atoms. The summed E-state index contributed by atoms with van der Waals surface area (Å²) in [6, 6.07) is 15.8. The van der Waals surface area contributed by atoms with Gasteiger partial charge in [0, 0.05) is 84.6 Å². The van der Waals surface area contributed by atoms with Gasteiger partial charge < -0.3 is 153 Å². The molecule has 8 heterocycles. The molecule has 3 fully saturated rings. The molecule has 8 aliphatic heterocycles. The van der Waals surface area contributed by atoms with Crippen molar-refractivity contribution in [3.63, 3.8) is 0 Å². The van der Waals surface area contributed by atoms with E-state index in [4.69, 9.17) is 105 Å². The maximum atomic E-state index is 16.9. The first-order valence-corrected chi connectivity index (χ1v) is 49.8. The Morgan fingerprint density at radius 1 is 0.655 bits per heavy atom. The summed E-state index contributed by atoms with van der Waals surface area (Å²) in [7, 11) is 1.14. The minimum absolute atomic E-state index is 0.0591. The molecule has 0 aromatic heterocycles. The molecule has 11 bridgehead atoms. The molecule has 0 saturated carbocycles. The number of phenols is 3. The van der Waals surface area contributed by atoms with Gasteiger partial charge in [-0.1, -0.05) is 129 Å². The Hall–Kier alpha value is -12.0. The molecule has 0 radical (unpaired) electrons. The van der Waals surface area contributed by atoms with Crippen LogP contribution >= 0.6 is 34.8 Å². The number of esters is 1. The first kappa shape index (κ1) is 113. The van der Waals surface area contributed by atoms with Crippen LogP contribution in [0.5, 0.6) is 46.0 Å². The van der Waals surface area contributed by atoms with Crippen molar-refractivity contribution in [3.05, 3.63) is 176 Å². The van der Waals surface area contributed by atoms with E-state index < -0.39 is 327 Å². The summed E-state index contributed by atoms with van der Waals surface area (Å²) in [6.45, 7) is 9.82. The molecule has 7 aromatic rings. The summed E-state index contributed by atoms with van der Waals surface area (Å²) in [6.07, 6.45) is -24.2. The minimum Gasteiger partial charge on any atom is -0.508 e. The molecule has 15 rings (SSSR count). The Bertz CT molecular complexity index is 6010. The number of aliphatic carboxylic acids is 1. The molecule has 7 amide bonds. The van der Waals surface area contributed by atoms with Crippen LogP contribution in [-0.2, 0) is 87.6 Å². The summed E-state index contributed by atoms with van der Waals surface area (Å²) in [4.78, 5) is 166. The number of phenolic OH excluding ortho intramolecular Hbond substituents is 3. The number of primary amides is 1. The third-order valence-electron chi connectivity index (χ3n) is 27.3. The SMILES string of the molecule is CCCCCC(N)C(=O)NC(CCCCN)C(=O)OCOC(=O)N(C)C(CC(C)C)C(=O)NC1C(=O)CC(CC(N)=O)C(=O)NC2C(=O)CC3C(=O)NC(C(=O)NC(C(=O)O)c4cc(O)cc(O)c4-c4cc3ccc4O)C(OC3CC(C)(N)C(O)C(C)O3)c3ccc(c(Cl)c3)Oc3cc2cc(c3OC2OC(CO)C(O)C(O)C2OC2CC(C)(NCc3ccc(-c4ccc(Cl)cc4)cc3)C(O)C(C)O2)Oc2ccc(cc2Cl)C1O. The molecule has 24 N–H and O–H groups in total.